The van der Waals surface area contributed by atoms with E-state index in [1.54, 1.807) is 6.92 Å². The first kappa shape index (κ1) is 26.2. The average Bonchev–Trinajstić information content (AvgIpc) is 2.70. The summed E-state index contributed by atoms with van der Waals surface area (Å²) in [7, 11) is 0. The maximum atomic E-state index is 12.1. The summed E-state index contributed by atoms with van der Waals surface area (Å²) in [5.74, 6) is -0.124. The monoisotopic (exact) mass is 568 g/mol. The summed E-state index contributed by atoms with van der Waals surface area (Å²) in [4.78, 5) is 12.1. The van der Waals surface area contributed by atoms with Gasteiger partial charge in [-0.05, 0) is 79.3 Å². The van der Waals surface area contributed by atoms with E-state index in [1.807, 2.05) is 24.3 Å². The lowest BCUT2D eigenvalue weighted by atomic mass is 9.72. The van der Waals surface area contributed by atoms with Crippen molar-refractivity contribution in [1.82, 2.24) is 5.43 Å². The van der Waals surface area contributed by atoms with Crippen LogP contribution < -0.4 is 10.2 Å². The second-order valence-corrected chi connectivity index (χ2v) is 11.2. The Morgan fingerprint density at radius 2 is 1.66 bits per heavy atom. The molecule has 0 aliphatic heterocycles. The molecule has 2 aromatic carbocycles. The lowest BCUT2D eigenvalue weighted by Gasteiger charge is -2.33. The fourth-order valence-corrected chi connectivity index (χ4v) is 4.83. The van der Waals surface area contributed by atoms with Gasteiger partial charge in [0.25, 0.3) is 5.91 Å². The summed E-state index contributed by atoms with van der Waals surface area (Å²) in [5.41, 5.74) is 4.78. The molecule has 0 fully saturated rings. The summed E-state index contributed by atoms with van der Waals surface area (Å²) in [6, 6.07) is 7.79. The molecule has 0 aliphatic rings. The van der Waals surface area contributed by atoms with Crippen molar-refractivity contribution in [2.45, 2.75) is 53.4 Å². The third-order valence-corrected chi connectivity index (χ3v) is 6.69. The SMILES string of the molecule is Cc1c(Br)c(O)c(Br)c(O)c1/C=N\NC(=O)COc1ccc(C(C)(C)CC(C)(C)C)cc1. The van der Waals surface area contributed by atoms with E-state index in [9.17, 15) is 15.0 Å². The molecule has 1 amide bonds. The largest absolute Gasteiger partial charge is 0.506 e. The van der Waals surface area contributed by atoms with E-state index in [4.69, 9.17) is 4.74 Å². The van der Waals surface area contributed by atoms with E-state index in [0.29, 0.717) is 21.3 Å². The Balaban J connectivity index is 1.96. The van der Waals surface area contributed by atoms with Gasteiger partial charge in [0.05, 0.1) is 10.7 Å². The van der Waals surface area contributed by atoms with Crippen molar-refractivity contribution in [1.29, 1.82) is 0 Å². The molecule has 0 aromatic heterocycles. The van der Waals surface area contributed by atoms with E-state index in [2.05, 4.69) is 77.0 Å². The molecule has 174 valence electrons. The number of hydrogen-bond donors (Lipinski definition) is 3. The minimum absolute atomic E-state index is 0.0325. The summed E-state index contributed by atoms with van der Waals surface area (Å²) in [6.45, 7) is 12.7. The van der Waals surface area contributed by atoms with Crippen LogP contribution in [0.15, 0.2) is 38.3 Å². The van der Waals surface area contributed by atoms with Crippen LogP contribution in [0.1, 0.15) is 57.7 Å². The molecule has 0 radical (unpaired) electrons. The summed E-state index contributed by atoms with van der Waals surface area (Å²) in [5, 5.41) is 24.0. The fraction of sp³-hybridized carbons (Fsp3) is 0.417. The zero-order valence-corrected chi connectivity index (χ0v) is 22.4. The molecule has 0 heterocycles. The Bertz CT molecular complexity index is 981. The maximum Gasteiger partial charge on any atom is 0.277 e. The molecule has 0 bridgehead atoms. The highest BCUT2D eigenvalue weighted by Crippen LogP contribution is 2.43. The van der Waals surface area contributed by atoms with Gasteiger partial charge in [0.15, 0.2) is 6.61 Å². The number of aromatic hydroxyl groups is 2. The minimum Gasteiger partial charge on any atom is -0.506 e. The van der Waals surface area contributed by atoms with E-state index >= 15 is 0 Å². The molecule has 8 heteroatoms. The molecule has 0 unspecified atom stereocenters. The summed E-state index contributed by atoms with van der Waals surface area (Å²) >= 11 is 6.38. The quantitative estimate of drug-likeness (QED) is 0.274. The molecule has 2 aromatic rings. The number of halogens is 2. The first-order valence-corrected chi connectivity index (χ1v) is 11.8. The zero-order valence-electron chi connectivity index (χ0n) is 19.2. The number of amides is 1. The Morgan fingerprint density at radius 1 is 1.06 bits per heavy atom. The number of nitrogens with one attached hydrogen (secondary N) is 1. The second kappa shape index (κ2) is 10.3. The number of phenols is 2. The van der Waals surface area contributed by atoms with Crippen molar-refractivity contribution >= 4 is 44.0 Å². The van der Waals surface area contributed by atoms with Crippen molar-refractivity contribution in [3.63, 3.8) is 0 Å². The summed E-state index contributed by atoms with van der Waals surface area (Å²) < 4.78 is 6.12. The Labute approximate surface area is 206 Å². The Kier molecular flexibility index (Phi) is 8.39. The number of hydrogen-bond acceptors (Lipinski definition) is 5. The highest BCUT2D eigenvalue weighted by molar-refractivity contribution is 9.11. The molecule has 0 saturated carbocycles. The van der Waals surface area contributed by atoms with Crippen LogP contribution in [0.25, 0.3) is 0 Å². The predicted octanol–water partition coefficient (Wildman–Crippen LogP) is 6.17. The highest BCUT2D eigenvalue weighted by atomic mass is 79.9. The molecule has 0 spiro atoms. The van der Waals surface area contributed by atoms with E-state index < -0.39 is 5.91 Å². The summed E-state index contributed by atoms with van der Waals surface area (Å²) in [6.07, 6.45) is 2.35. The van der Waals surface area contributed by atoms with Crippen molar-refractivity contribution in [2.75, 3.05) is 6.61 Å². The number of rotatable bonds is 7. The van der Waals surface area contributed by atoms with Gasteiger partial charge in [-0.25, -0.2) is 5.43 Å². The first-order valence-electron chi connectivity index (χ1n) is 10.2. The number of carbonyl (C=O) groups is 1. The third kappa shape index (κ3) is 6.72. The maximum absolute atomic E-state index is 12.1. The van der Waals surface area contributed by atoms with Crippen LogP contribution in [0.3, 0.4) is 0 Å². The van der Waals surface area contributed by atoms with Crippen molar-refractivity contribution in [3.05, 3.63) is 49.9 Å². The molecule has 0 saturated heterocycles. The van der Waals surface area contributed by atoms with Gasteiger partial charge in [-0.2, -0.15) is 5.10 Å². The average molecular weight is 570 g/mol. The standard InChI is InChI=1S/C24H30Br2N2O4/c1-14-17(21(30)20(26)22(31)19(14)25)11-27-28-18(29)12-32-16-9-7-15(8-10-16)24(5,6)13-23(2,3)4/h7-11,30-31H,12-13H2,1-6H3,(H,28,29)/b27-11-. The van der Waals surface area contributed by atoms with Gasteiger partial charge >= 0.3 is 0 Å². The topological polar surface area (TPSA) is 91.1 Å². The van der Waals surface area contributed by atoms with Gasteiger partial charge in [0.1, 0.15) is 21.7 Å². The first-order chi connectivity index (χ1) is 14.7. The lowest BCUT2D eigenvalue weighted by Crippen LogP contribution is -2.25. The molecule has 32 heavy (non-hydrogen) atoms. The van der Waals surface area contributed by atoms with E-state index in [-0.39, 0.29) is 33.4 Å². The van der Waals surface area contributed by atoms with Gasteiger partial charge in [0.2, 0.25) is 0 Å². The number of nitrogens with zero attached hydrogens (tertiary/aromatic N) is 1. The van der Waals surface area contributed by atoms with Crippen molar-refractivity contribution in [2.24, 2.45) is 10.5 Å². The smallest absolute Gasteiger partial charge is 0.277 e. The molecule has 3 N–H and O–H groups in total. The van der Waals surface area contributed by atoms with Crippen LogP contribution in [0.5, 0.6) is 17.2 Å². The molecule has 6 nitrogen and oxygen atoms in total. The molecular weight excluding hydrogens is 540 g/mol. The molecule has 0 aliphatic carbocycles. The number of phenolic OH excluding ortho intramolecular Hbond substituents is 2. The van der Waals surface area contributed by atoms with Crippen molar-refractivity contribution in [3.8, 4) is 17.2 Å². The van der Waals surface area contributed by atoms with E-state index in [0.717, 1.165) is 6.42 Å². The van der Waals surface area contributed by atoms with Gasteiger partial charge < -0.3 is 14.9 Å². The Hall–Kier alpha value is -2.06. The number of ether oxygens (including phenoxy) is 1. The lowest BCUT2D eigenvalue weighted by molar-refractivity contribution is -0.123. The number of hydrazone groups is 1. The second-order valence-electron chi connectivity index (χ2n) is 9.59. The van der Waals surface area contributed by atoms with Crippen LogP contribution in [0.2, 0.25) is 0 Å². The van der Waals surface area contributed by atoms with Gasteiger partial charge in [-0.15, -0.1) is 0 Å². The molecule has 2 rings (SSSR count). The van der Waals surface area contributed by atoms with Crippen LogP contribution in [0, 0.1) is 12.3 Å². The molecular formula is C24H30Br2N2O4. The Morgan fingerprint density at radius 3 is 2.22 bits per heavy atom. The van der Waals surface area contributed by atoms with Crippen LogP contribution >= 0.6 is 31.9 Å². The number of benzene rings is 2. The third-order valence-electron chi connectivity index (χ3n) is 4.97. The van der Waals surface area contributed by atoms with E-state index in [1.165, 1.54) is 11.8 Å². The van der Waals surface area contributed by atoms with Crippen LogP contribution in [-0.4, -0.2) is 28.9 Å². The minimum atomic E-state index is -0.438. The number of carbonyl (C=O) groups excluding carboxylic acids is 1. The normalized spacial score (nSPS) is 12.2. The molecule has 0 atom stereocenters. The van der Waals surface area contributed by atoms with Gasteiger partial charge in [-0.3, -0.25) is 4.79 Å². The zero-order chi connectivity index (χ0) is 24.3. The van der Waals surface area contributed by atoms with Crippen LogP contribution in [-0.2, 0) is 10.2 Å². The van der Waals surface area contributed by atoms with Crippen LogP contribution in [0.4, 0.5) is 0 Å². The van der Waals surface area contributed by atoms with Gasteiger partial charge in [-0.1, -0.05) is 46.8 Å². The van der Waals surface area contributed by atoms with Crippen molar-refractivity contribution < 1.29 is 19.7 Å². The highest BCUT2D eigenvalue weighted by Gasteiger charge is 2.27. The predicted molar refractivity (Wildman–Crippen MR) is 135 cm³/mol. The van der Waals surface area contributed by atoms with Gasteiger partial charge in [0, 0.05) is 5.56 Å². The fourth-order valence-electron chi connectivity index (χ4n) is 3.74.